The molecule has 0 fully saturated rings. The maximum Gasteiger partial charge on any atom is 0.330 e. The summed E-state index contributed by atoms with van der Waals surface area (Å²) in [6.45, 7) is 8.52. The lowest BCUT2D eigenvalue weighted by Gasteiger charge is -2.28. The monoisotopic (exact) mass is 484 g/mol. The molecular weight excluding hydrogens is 440 g/mol. The molecule has 0 saturated carbocycles. The normalized spacial score (nSPS) is 30.3. The summed E-state index contributed by atoms with van der Waals surface area (Å²) < 4.78 is 11.8. The molecule has 35 heavy (non-hydrogen) atoms. The molecule has 0 aromatic rings. The average Bonchev–Trinajstić information content (AvgIpc) is 2.80. The number of allylic oxidation sites excluding steroid dienone is 4. The van der Waals surface area contributed by atoms with Crippen LogP contribution in [0.3, 0.4) is 0 Å². The Labute approximate surface area is 211 Å². The van der Waals surface area contributed by atoms with E-state index in [1.807, 2.05) is 19.1 Å². The fourth-order valence-corrected chi connectivity index (χ4v) is 4.45. The molecule has 0 unspecified atom stereocenters. The van der Waals surface area contributed by atoms with Crippen LogP contribution >= 0.6 is 0 Å². The third kappa shape index (κ3) is 12.4. The van der Waals surface area contributed by atoms with Crippen LogP contribution in [0.4, 0.5) is 0 Å². The number of fused-ring (bicyclic) bond motifs is 2. The minimum Gasteiger partial charge on any atom is -0.456 e. The number of hydrogen-bond donors (Lipinski definition) is 2. The minimum atomic E-state index is -0.897. The Bertz CT molecular complexity index is 804. The van der Waals surface area contributed by atoms with Crippen LogP contribution in [0.25, 0.3) is 0 Å². The summed E-state index contributed by atoms with van der Waals surface area (Å²) >= 11 is 0. The summed E-state index contributed by atoms with van der Waals surface area (Å²) in [5.41, 5.74) is 2.34. The van der Waals surface area contributed by atoms with Gasteiger partial charge in [-0.25, -0.2) is 4.79 Å². The van der Waals surface area contributed by atoms with Gasteiger partial charge in [-0.15, -0.1) is 0 Å². The van der Waals surface area contributed by atoms with Gasteiger partial charge in [-0.2, -0.15) is 0 Å². The van der Waals surface area contributed by atoms with Crippen LogP contribution in [0.2, 0.25) is 0 Å². The van der Waals surface area contributed by atoms with Crippen LogP contribution < -0.4 is 0 Å². The first kappa shape index (κ1) is 29.0. The molecule has 0 radical (unpaired) electrons. The predicted octanol–water partition coefficient (Wildman–Crippen LogP) is 5.91. The Morgan fingerprint density at radius 2 is 2.06 bits per heavy atom. The lowest BCUT2D eigenvalue weighted by atomic mass is 9.92. The Morgan fingerprint density at radius 3 is 2.86 bits per heavy atom. The Kier molecular flexibility index (Phi) is 13.6. The van der Waals surface area contributed by atoms with E-state index in [0.717, 1.165) is 50.5 Å². The second-order valence-electron chi connectivity index (χ2n) is 9.81. The van der Waals surface area contributed by atoms with E-state index in [2.05, 4.69) is 31.7 Å². The maximum atomic E-state index is 12.5. The van der Waals surface area contributed by atoms with Crippen molar-refractivity contribution < 1.29 is 24.5 Å². The van der Waals surface area contributed by atoms with Crippen molar-refractivity contribution in [2.24, 2.45) is 5.92 Å². The van der Waals surface area contributed by atoms with Crippen molar-refractivity contribution in [1.29, 1.82) is 0 Å². The highest BCUT2D eigenvalue weighted by molar-refractivity contribution is 5.82. The first-order valence-electron chi connectivity index (χ1n) is 13.0. The topological polar surface area (TPSA) is 76.0 Å². The molecule has 0 amide bonds. The molecule has 2 aliphatic heterocycles. The highest BCUT2D eigenvalue weighted by atomic mass is 16.6. The number of carbonyl (C=O) groups is 1. The van der Waals surface area contributed by atoms with Crippen LogP contribution in [0.1, 0.15) is 71.6 Å². The van der Waals surface area contributed by atoms with Crippen LogP contribution in [0.15, 0.2) is 72.4 Å². The Morgan fingerprint density at radius 1 is 1.23 bits per heavy atom. The zero-order valence-corrected chi connectivity index (χ0v) is 21.5. The molecule has 5 nitrogen and oxygen atoms in total. The van der Waals surface area contributed by atoms with Crippen molar-refractivity contribution in [1.82, 2.24) is 0 Å². The van der Waals surface area contributed by atoms with Crippen LogP contribution in [0.5, 0.6) is 0 Å². The molecule has 2 aliphatic rings. The fourth-order valence-electron chi connectivity index (χ4n) is 4.45. The second-order valence-corrected chi connectivity index (χ2v) is 9.81. The minimum absolute atomic E-state index is 0.0339. The van der Waals surface area contributed by atoms with Crippen LogP contribution in [-0.4, -0.2) is 47.2 Å². The number of rotatable bonds is 6. The van der Waals surface area contributed by atoms with Gasteiger partial charge < -0.3 is 19.7 Å². The van der Waals surface area contributed by atoms with Crippen molar-refractivity contribution in [3.05, 3.63) is 72.4 Å². The van der Waals surface area contributed by atoms with E-state index < -0.39 is 18.2 Å². The first-order chi connectivity index (χ1) is 16.9. The lowest BCUT2D eigenvalue weighted by molar-refractivity contribution is -0.147. The highest BCUT2D eigenvalue weighted by Crippen LogP contribution is 2.25. The smallest absolute Gasteiger partial charge is 0.330 e. The molecule has 0 aromatic carbocycles. The molecule has 2 N–H and O–H groups in total. The van der Waals surface area contributed by atoms with Gasteiger partial charge in [-0.1, -0.05) is 73.3 Å². The van der Waals surface area contributed by atoms with Crippen molar-refractivity contribution in [3.63, 3.8) is 0 Å². The first-order valence-corrected chi connectivity index (χ1v) is 13.0. The van der Waals surface area contributed by atoms with Gasteiger partial charge >= 0.3 is 5.97 Å². The fraction of sp³-hybridized carbons (Fsp3) is 0.567. The molecule has 5 heteroatoms. The summed E-state index contributed by atoms with van der Waals surface area (Å²) in [6, 6.07) is 0. The molecular formula is C30H44O5. The second kappa shape index (κ2) is 16.5. The summed E-state index contributed by atoms with van der Waals surface area (Å²) in [6.07, 6.45) is 22.8. The quantitative estimate of drug-likeness (QED) is 0.362. The van der Waals surface area contributed by atoms with Crippen LogP contribution in [0, 0.1) is 5.92 Å². The molecule has 2 heterocycles. The largest absolute Gasteiger partial charge is 0.456 e. The van der Waals surface area contributed by atoms with Gasteiger partial charge in [-0.3, -0.25) is 0 Å². The Hall–Kier alpha value is -2.21. The van der Waals surface area contributed by atoms with Gasteiger partial charge in [0.15, 0.2) is 0 Å². The SMILES string of the molecule is C=C1CC/C=C/C[C@@H]([C@@H](O)/C=C/CC/C(C)=C\CO)OC(=O)/C=C\C[C@@H]2C=CC[C@@H](C[C@@H](C)C1)O2. The molecule has 5 atom stereocenters. The number of ether oxygens (including phenoxy) is 2. The molecule has 2 bridgehead atoms. The van der Waals surface area contributed by atoms with Gasteiger partial charge in [0, 0.05) is 12.5 Å². The maximum absolute atomic E-state index is 12.5. The number of aliphatic hydroxyl groups excluding tert-OH is 2. The van der Waals surface area contributed by atoms with E-state index in [4.69, 9.17) is 14.6 Å². The molecule has 0 aromatic heterocycles. The molecule has 0 aliphatic carbocycles. The van der Waals surface area contributed by atoms with Gasteiger partial charge in [0.2, 0.25) is 0 Å². The van der Waals surface area contributed by atoms with Crippen molar-refractivity contribution in [3.8, 4) is 0 Å². The average molecular weight is 485 g/mol. The number of hydrogen-bond acceptors (Lipinski definition) is 5. The van der Waals surface area contributed by atoms with E-state index in [0.29, 0.717) is 18.8 Å². The molecule has 2 rings (SSSR count). The lowest BCUT2D eigenvalue weighted by Crippen LogP contribution is -2.29. The van der Waals surface area contributed by atoms with E-state index in [1.54, 1.807) is 18.2 Å². The summed E-state index contributed by atoms with van der Waals surface area (Å²) in [5, 5.41) is 19.6. The van der Waals surface area contributed by atoms with Crippen LogP contribution in [-0.2, 0) is 14.3 Å². The molecule has 194 valence electrons. The van der Waals surface area contributed by atoms with Crippen molar-refractivity contribution in [2.75, 3.05) is 6.61 Å². The number of esters is 1. The van der Waals surface area contributed by atoms with E-state index >= 15 is 0 Å². The molecule has 0 saturated heterocycles. The zero-order chi connectivity index (χ0) is 25.5. The highest BCUT2D eigenvalue weighted by Gasteiger charge is 2.21. The summed E-state index contributed by atoms with van der Waals surface area (Å²) in [5.74, 6) is 0.0549. The zero-order valence-electron chi connectivity index (χ0n) is 21.5. The van der Waals surface area contributed by atoms with Crippen molar-refractivity contribution in [2.45, 2.75) is 96.1 Å². The van der Waals surface area contributed by atoms with Crippen molar-refractivity contribution >= 4 is 5.97 Å². The van der Waals surface area contributed by atoms with Gasteiger partial charge in [0.05, 0.1) is 18.8 Å². The van der Waals surface area contributed by atoms with E-state index in [-0.39, 0.29) is 18.8 Å². The van der Waals surface area contributed by atoms with E-state index in [1.165, 1.54) is 11.6 Å². The van der Waals surface area contributed by atoms with Gasteiger partial charge in [0.25, 0.3) is 0 Å². The van der Waals surface area contributed by atoms with E-state index in [9.17, 15) is 9.90 Å². The Balaban J connectivity index is 2.04. The summed E-state index contributed by atoms with van der Waals surface area (Å²) in [7, 11) is 0. The third-order valence-corrected chi connectivity index (χ3v) is 6.37. The molecule has 0 spiro atoms. The number of cyclic esters (lactones) is 1. The van der Waals surface area contributed by atoms with Gasteiger partial charge in [0.1, 0.15) is 12.2 Å². The summed E-state index contributed by atoms with van der Waals surface area (Å²) in [4.78, 5) is 12.5. The number of carbonyl (C=O) groups excluding carboxylic acids is 1. The number of aliphatic hydroxyl groups is 2. The standard InChI is InChI=1S/C30H44O5/c1-23(19-20-31)11-7-8-16-28(32)29-17-6-4-5-12-24(2)21-25(3)22-27-15-9-13-26(34-27)14-10-18-30(33)35-29/h4,6,8-10,13,16,18-19,25-29,31-32H,2,5,7,11-12,14-15,17,20-22H2,1,3H3/b6-4+,16-8+,18-10-,23-19-/t25-,26-,27-,28-,29-/m0/s1. The predicted molar refractivity (Wildman–Crippen MR) is 142 cm³/mol. The third-order valence-electron chi connectivity index (χ3n) is 6.37. The van der Waals surface area contributed by atoms with Gasteiger partial charge in [-0.05, 0) is 64.2 Å².